The average molecular weight is 247 g/mol. The molecular weight excluding hydrogens is 234 g/mol. The number of rotatable bonds is 4. The van der Waals surface area contributed by atoms with E-state index in [0.717, 1.165) is 12.2 Å². The largest absolute Gasteiger partial charge is 0.466 e. The van der Waals surface area contributed by atoms with Gasteiger partial charge in [-0.05, 0) is 31.2 Å². The van der Waals surface area contributed by atoms with E-state index in [4.69, 9.17) is 0 Å². The number of esters is 1. The number of anilines is 1. The molecule has 0 aliphatic rings. The van der Waals surface area contributed by atoms with Gasteiger partial charge in [0.05, 0.1) is 7.11 Å². The Balaban J connectivity index is 2.62. The number of methoxy groups -OCH3 is 1. The molecule has 0 spiro atoms. The molecule has 1 N–H and O–H groups in total. The summed E-state index contributed by atoms with van der Waals surface area (Å²) in [5.41, 5.74) is 1.11. The molecule has 1 aromatic carbocycles. The topological polar surface area (TPSA) is 72.5 Å². The molecule has 0 saturated carbocycles. The van der Waals surface area contributed by atoms with Crippen molar-refractivity contribution in [1.29, 1.82) is 0 Å². The molecule has 1 rings (SSSR count). The van der Waals surface area contributed by atoms with Gasteiger partial charge in [-0.15, -0.1) is 0 Å². The smallest absolute Gasteiger partial charge is 0.330 e. The van der Waals surface area contributed by atoms with Crippen LogP contribution in [0.5, 0.6) is 0 Å². The summed E-state index contributed by atoms with van der Waals surface area (Å²) in [7, 11) is 1.23. The highest BCUT2D eigenvalue weighted by Gasteiger charge is 2.01. The maximum absolute atomic E-state index is 11.4. The second-order valence-electron chi connectivity index (χ2n) is 3.48. The second-order valence-corrected chi connectivity index (χ2v) is 3.48. The van der Waals surface area contributed by atoms with E-state index >= 15 is 0 Å². The number of benzene rings is 1. The Hall–Kier alpha value is -2.43. The molecule has 0 bridgehead atoms. The minimum Gasteiger partial charge on any atom is -0.466 e. The highest BCUT2D eigenvalue weighted by Crippen LogP contribution is 2.09. The summed E-state index contributed by atoms with van der Waals surface area (Å²) in [4.78, 5) is 33.2. The van der Waals surface area contributed by atoms with E-state index < -0.39 is 11.9 Å². The molecule has 0 aliphatic heterocycles. The summed E-state index contributed by atoms with van der Waals surface area (Å²) in [5.74, 6) is -1.09. The van der Waals surface area contributed by atoms with Crippen molar-refractivity contribution in [3.05, 3.63) is 42.0 Å². The van der Waals surface area contributed by atoms with Crippen molar-refractivity contribution in [2.45, 2.75) is 6.92 Å². The van der Waals surface area contributed by atoms with Crippen LogP contribution in [0.15, 0.2) is 36.4 Å². The van der Waals surface area contributed by atoms with E-state index in [1.807, 2.05) is 0 Å². The van der Waals surface area contributed by atoms with Crippen LogP contribution < -0.4 is 5.32 Å². The summed E-state index contributed by atoms with van der Waals surface area (Å²) >= 11 is 0. The summed E-state index contributed by atoms with van der Waals surface area (Å²) in [6.07, 6.45) is 2.10. The standard InChI is InChI=1S/C13H13NO4/c1-9(15)10-3-5-11(6-4-10)14-12(16)7-8-13(17)18-2/h3-8H,1-2H3,(H,14,16)/b8-7+. The highest BCUT2D eigenvalue weighted by atomic mass is 16.5. The molecule has 5 heteroatoms. The van der Waals surface area contributed by atoms with Gasteiger partial charge < -0.3 is 10.1 Å². The summed E-state index contributed by atoms with van der Waals surface area (Å²) in [6.45, 7) is 1.46. The monoisotopic (exact) mass is 247 g/mol. The third kappa shape index (κ3) is 4.21. The van der Waals surface area contributed by atoms with Crippen molar-refractivity contribution in [2.75, 3.05) is 12.4 Å². The van der Waals surface area contributed by atoms with Crippen molar-refractivity contribution in [1.82, 2.24) is 0 Å². The molecule has 0 fully saturated rings. The van der Waals surface area contributed by atoms with Gasteiger partial charge in [0.25, 0.3) is 0 Å². The molecule has 0 unspecified atom stereocenters. The number of Topliss-reactive ketones (excluding diaryl/α,β-unsaturated/α-hetero) is 1. The van der Waals surface area contributed by atoms with Gasteiger partial charge in [0.1, 0.15) is 0 Å². The summed E-state index contributed by atoms with van der Waals surface area (Å²) in [5, 5.41) is 2.54. The minimum atomic E-state index is -0.600. The molecule has 1 aromatic rings. The molecular formula is C13H13NO4. The van der Waals surface area contributed by atoms with E-state index in [9.17, 15) is 14.4 Å². The third-order valence-electron chi connectivity index (χ3n) is 2.13. The molecule has 0 aliphatic carbocycles. The molecule has 0 radical (unpaired) electrons. The quantitative estimate of drug-likeness (QED) is 0.498. The number of carbonyl (C=O) groups excluding carboxylic acids is 3. The summed E-state index contributed by atoms with van der Waals surface area (Å²) < 4.78 is 4.35. The first-order valence-corrected chi connectivity index (χ1v) is 5.21. The van der Waals surface area contributed by atoms with Crippen molar-refractivity contribution < 1.29 is 19.1 Å². The fourth-order valence-corrected chi connectivity index (χ4v) is 1.18. The zero-order chi connectivity index (χ0) is 13.5. The number of ether oxygens (including phenoxy) is 1. The van der Waals surface area contributed by atoms with Crippen LogP contribution in [-0.4, -0.2) is 24.8 Å². The lowest BCUT2D eigenvalue weighted by atomic mass is 10.1. The van der Waals surface area contributed by atoms with Crippen LogP contribution in [0, 0.1) is 0 Å². The molecule has 1 amide bonds. The molecule has 0 heterocycles. The van der Waals surface area contributed by atoms with Gasteiger partial charge in [-0.1, -0.05) is 0 Å². The van der Waals surface area contributed by atoms with Gasteiger partial charge >= 0.3 is 5.97 Å². The van der Waals surface area contributed by atoms with Crippen LogP contribution in [-0.2, 0) is 14.3 Å². The number of hydrogen-bond acceptors (Lipinski definition) is 4. The maximum atomic E-state index is 11.4. The van der Waals surface area contributed by atoms with Crippen LogP contribution in [0.25, 0.3) is 0 Å². The number of carbonyl (C=O) groups is 3. The van der Waals surface area contributed by atoms with Gasteiger partial charge in [-0.2, -0.15) is 0 Å². The van der Waals surface area contributed by atoms with Crippen molar-refractivity contribution in [3.8, 4) is 0 Å². The van der Waals surface area contributed by atoms with Gasteiger partial charge in [0.2, 0.25) is 5.91 Å². The van der Waals surface area contributed by atoms with Crippen LogP contribution in [0.2, 0.25) is 0 Å². The first-order chi connectivity index (χ1) is 8.52. The van der Waals surface area contributed by atoms with Gasteiger partial charge in [0.15, 0.2) is 5.78 Å². The predicted molar refractivity (Wildman–Crippen MR) is 66.2 cm³/mol. The Morgan fingerprint density at radius 1 is 1.11 bits per heavy atom. The van der Waals surface area contributed by atoms with Crippen LogP contribution in [0.3, 0.4) is 0 Å². The highest BCUT2D eigenvalue weighted by molar-refractivity contribution is 6.02. The van der Waals surface area contributed by atoms with E-state index in [0.29, 0.717) is 11.3 Å². The maximum Gasteiger partial charge on any atom is 0.330 e. The fraction of sp³-hybridized carbons (Fsp3) is 0.154. The third-order valence-corrected chi connectivity index (χ3v) is 2.13. The number of amides is 1. The van der Waals surface area contributed by atoms with E-state index in [1.54, 1.807) is 24.3 Å². The Bertz CT molecular complexity index is 488. The molecule has 5 nitrogen and oxygen atoms in total. The van der Waals surface area contributed by atoms with E-state index in [2.05, 4.69) is 10.1 Å². The molecule has 0 saturated heterocycles. The molecule has 0 aromatic heterocycles. The number of hydrogen-bond donors (Lipinski definition) is 1. The van der Waals surface area contributed by atoms with Crippen molar-refractivity contribution >= 4 is 23.3 Å². The average Bonchev–Trinajstić information content (AvgIpc) is 2.36. The predicted octanol–water partition coefficient (Wildman–Crippen LogP) is 1.56. The Kier molecular flexibility index (Phi) is 4.80. The number of nitrogens with one attached hydrogen (secondary N) is 1. The summed E-state index contributed by atoms with van der Waals surface area (Å²) in [6, 6.07) is 6.45. The van der Waals surface area contributed by atoms with Gasteiger partial charge in [-0.3, -0.25) is 9.59 Å². The Morgan fingerprint density at radius 2 is 1.72 bits per heavy atom. The van der Waals surface area contributed by atoms with E-state index in [-0.39, 0.29) is 5.78 Å². The Labute approximate surface area is 104 Å². The van der Waals surface area contributed by atoms with Gasteiger partial charge in [-0.25, -0.2) is 4.79 Å². The zero-order valence-corrected chi connectivity index (χ0v) is 10.1. The first kappa shape index (κ1) is 13.6. The number of ketones is 1. The fourth-order valence-electron chi connectivity index (χ4n) is 1.18. The van der Waals surface area contributed by atoms with E-state index in [1.165, 1.54) is 14.0 Å². The van der Waals surface area contributed by atoms with Gasteiger partial charge in [0, 0.05) is 23.4 Å². The lowest BCUT2D eigenvalue weighted by Gasteiger charge is -2.02. The lowest BCUT2D eigenvalue weighted by Crippen LogP contribution is -2.09. The first-order valence-electron chi connectivity index (χ1n) is 5.21. The van der Waals surface area contributed by atoms with Crippen LogP contribution in [0.4, 0.5) is 5.69 Å². The SMILES string of the molecule is COC(=O)/C=C/C(=O)Nc1ccc(C(C)=O)cc1. The normalized spacial score (nSPS) is 10.1. The lowest BCUT2D eigenvalue weighted by molar-refractivity contribution is -0.135. The van der Waals surface area contributed by atoms with Crippen molar-refractivity contribution in [2.24, 2.45) is 0 Å². The van der Waals surface area contributed by atoms with Crippen molar-refractivity contribution in [3.63, 3.8) is 0 Å². The van der Waals surface area contributed by atoms with Crippen LogP contribution >= 0.6 is 0 Å². The molecule has 94 valence electrons. The molecule has 18 heavy (non-hydrogen) atoms. The Morgan fingerprint density at radius 3 is 2.22 bits per heavy atom. The zero-order valence-electron chi connectivity index (χ0n) is 10.1. The minimum absolute atomic E-state index is 0.0431. The second kappa shape index (κ2) is 6.34. The van der Waals surface area contributed by atoms with Crippen LogP contribution in [0.1, 0.15) is 17.3 Å². The molecule has 0 atom stereocenters.